The van der Waals surface area contributed by atoms with Crippen molar-refractivity contribution in [2.24, 2.45) is 5.92 Å². The predicted octanol–water partition coefficient (Wildman–Crippen LogP) is 3.18. The number of hydrogen-bond acceptors (Lipinski definition) is 8. The predicted molar refractivity (Wildman–Crippen MR) is 130 cm³/mol. The fourth-order valence-electron chi connectivity index (χ4n) is 4.46. The smallest absolute Gasteiger partial charge is 0.252 e. The Balaban J connectivity index is 1.23. The van der Waals surface area contributed by atoms with Crippen LogP contribution in [-0.4, -0.2) is 52.5 Å². The van der Waals surface area contributed by atoms with Crippen molar-refractivity contribution < 1.29 is 4.74 Å². The summed E-state index contributed by atoms with van der Waals surface area (Å²) in [5.74, 6) is 1.54. The number of pyridine rings is 2. The van der Waals surface area contributed by atoms with Crippen LogP contribution in [0.3, 0.4) is 0 Å². The monoisotopic (exact) mass is 466 g/mol. The van der Waals surface area contributed by atoms with Gasteiger partial charge in [-0.25, -0.2) is 0 Å². The summed E-state index contributed by atoms with van der Waals surface area (Å²) in [6, 6.07) is 6.18. The normalized spacial score (nSPS) is 18.8. The van der Waals surface area contributed by atoms with Crippen molar-refractivity contribution in [1.82, 2.24) is 25.1 Å². The molecule has 174 valence electrons. The molecule has 5 rings (SSSR count). The molecule has 9 heteroatoms. The van der Waals surface area contributed by atoms with Gasteiger partial charge in [0, 0.05) is 48.8 Å². The Morgan fingerprint density at radius 2 is 2.09 bits per heavy atom. The Bertz CT molecular complexity index is 1140. The number of methoxy groups -OCH3 is 1. The molecule has 0 radical (unpaired) electrons. The highest BCUT2D eigenvalue weighted by molar-refractivity contribution is 7.14. The first-order chi connectivity index (χ1) is 16.2. The van der Waals surface area contributed by atoms with Crippen molar-refractivity contribution >= 4 is 17.0 Å². The van der Waals surface area contributed by atoms with E-state index in [1.54, 1.807) is 30.1 Å². The van der Waals surface area contributed by atoms with Crippen LogP contribution >= 0.6 is 11.3 Å². The van der Waals surface area contributed by atoms with Crippen LogP contribution in [0.15, 0.2) is 41.6 Å². The lowest BCUT2D eigenvalue weighted by Gasteiger charge is -2.36. The summed E-state index contributed by atoms with van der Waals surface area (Å²) in [4.78, 5) is 19.4. The van der Waals surface area contributed by atoms with Crippen molar-refractivity contribution in [2.75, 3.05) is 31.6 Å². The molecule has 2 fully saturated rings. The van der Waals surface area contributed by atoms with Gasteiger partial charge in [0.1, 0.15) is 15.8 Å². The van der Waals surface area contributed by atoms with Crippen molar-refractivity contribution in [3.05, 3.63) is 52.2 Å². The highest BCUT2D eigenvalue weighted by atomic mass is 32.1. The molecule has 3 aromatic rings. The third kappa shape index (κ3) is 5.25. The van der Waals surface area contributed by atoms with E-state index in [9.17, 15) is 4.79 Å². The minimum absolute atomic E-state index is 0.0168. The van der Waals surface area contributed by atoms with Crippen LogP contribution in [0.5, 0.6) is 5.75 Å². The fourth-order valence-corrected chi connectivity index (χ4v) is 5.28. The first kappa shape index (κ1) is 22.0. The molecule has 3 aromatic heterocycles. The lowest BCUT2D eigenvalue weighted by Crippen LogP contribution is -2.47. The van der Waals surface area contributed by atoms with Gasteiger partial charge in [-0.05, 0) is 50.3 Å². The van der Waals surface area contributed by atoms with E-state index >= 15 is 0 Å². The quantitative estimate of drug-likeness (QED) is 0.546. The largest absolute Gasteiger partial charge is 0.495 e. The lowest BCUT2D eigenvalue weighted by molar-refractivity contribution is 0.280. The number of nitrogens with zero attached hydrogens (tertiary/aromatic N) is 5. The maximum absolute atomic E-state index is 12.8. The summed E-state index contributed by atoms with van der Waals surface area (Å²) >= 11 is 1.46. The Labute approximate surface area is 197 Å². The second-order valence-electron chi connectivity index (χ2n) is 8.96. The van der Waals surface area contributed by atoms with Crippen molar-refractivity contribution in [3.8, 4) is 16.3 Å². The first-order valence-electron chi connectivity index (χ1n) is 11.7. The number of hydrogen-bond donors (Lipinski definition) is 1. The molecule has 1 aliphatic heterocycles. The van der Waals surface area contributed by atoms with Crippen LogP contribution in [0.1, 0.15) is 37.1 Å². The molecular formula is C24H30N6O2S. The van der Waals surface area contributed by atoms with Gasteiger partial charge in [-0.2, -0.15) is 0 Å². The van der Waals surface area contributed by atoms with Crippen LogP contribution in [0.4, 0.5) is 5.69 Å². The SMILES string of the molecule is COc1cncc(-c2nnc(Cn3ccc(N4CCC[C@@H](NCC5CCC5)C4)cc3=O)s2)c1. The number of nitrogens with one attached hydrogen (secondary N) is 1. The average molecular weight is 467 g/mol. The maximum Gasteiger partial charge on any atom is 0.252 e. The van der Waals surface area contributed by atoms with Crippen LogP contribution in [0, 0.1) is 5.92 Å². The van der Waals surface area contributed by atoms with Crippen molar-refractivity contribution in [2.45, 2.75) is 44.7 Å². The molecule has 1 N–H and O–H groups in total. The average Bonchev–Trinajstić information content (AvgIpc) is 3.28. The molecule has 1 aliphatic carbocycles. The van der Waals surface area contributed by atoms with E-state index < -0.39 is 0 Å². The zero-order valence-electron chi connectivity index (χ0n) is 18.9. The van der Waals surface area contributed by atoms with Gasteiger partial charge in [0.2, 0.25) is 0 Å². The minimum Gasteiger partial charge on any atom is -0.495 e. The molecule has 1 saturated carbocycles. The van der Waals surface area contributed by atoms with Gasteiger partial charge < -0.3 is 19.5 Å². The van der Waals surface area contributed by atoms with E-state index in [1.165, 1.54) is 37.0 Å². The van der Waals surface area contributed by atoms with Gasteiger partial charge in [0.05, 0.1) is 19.9 Å². The molecule has 0 unspecified atom stereocenters. The zero-order chi connectivity index (χ0) is 22.6. The number of anilines is 1. The van der Waals surface area contributed by atoms with Crippen LogP contribution in [-0.2, 0) is 6.54 Å². The van der Waals surface area contributed by atoms with E-state index in [4.69, 9.17) is 4.74 Å². The van der Waals surface area contributed by atoms with Gasteiger partial charge in [-0.3, -0.25) is 9.78 Å². The molecule has 2 aliphatic rings. The van der Waals surface area contributed by atoms with E-state index in [-0.39, 0.29) is 5.56 Å². The summed E-state index contributed by atoms with van der Waals surface area (Å²) < 4.78 is 6.92. The fraction of sp³-hybridized carbons (Fsp3) is 0.500. The molecule has 0 bridgehead atoms. The number of piperidine rings is 1. The summed E-state index contributed by atoms with van der Waals surface area (Å²) in [5.41, 5.74) is 1.84. The van der Waals surface area contributed by atoms with E-state index in [0.29, 0.717) is 18.3 Å². The standard InChI is InChI=1S/C24H30N6O2S/c1-32-21-10-18(13-25-14-21)24-28-27-22(33-24)16-30-9-7-20(11-23(30)31)29-8-3-6-19(15-29)26-12-17-4-2-5-17/h7,9-11,13-14,17,19,26H,2-6,8,12,15-16H2,1H3/t19-/m1/s1. The third-order valence-electron chi connectivity index (χ3n) is 6.65. The third-order valence-corrected chi connectivity index (χ3v) is 7.61. The Kier molecular flexibility index (Phi) is 6.68. The summed E-state index contributed by atoms with van der Waals surface area (Å²) in [5, 5.41) is 13.8. The number of rotatable bonds is 8. The number of ether oxygens (including phenoxy) is 1. The lowest BCUT2D eigenvalue weighted by atomic mass is 9.85. The molecule has 0 aromatic carbocycles. The Hall–Kier alpha value is -2.78. The molecule has 33 heavy (non-hydrogen) atoms. The van der Waals surface area contributed by atoms with E-state index in [2.05, 4.69) is 25.4 Å². The molecule has 0 amide bonds. The summed E-state index contributed by atoms with van der Waals surface area (Å²) in [6.07, 6.45) is 11.7. The molecule has 1 saturated heterocycles. The summed E-state index contributed by atoms with van der Waals surface area (Å²) in [7, 11) is 1.61. The van der Waals surface area contributed by atoms with Gasteiger partial charge in [0.15, 0.2) is 0 Å². The second-order valence-corrected chi connectivity index (χ2v) is 10.0. The van der Waals surface area contributed by atoms with E-state index in [0.717, 1.165) is 53.2 Å². The minimum atomic E-state index is -0.0168. The Morgan fingerprint density at radius 1 is 1.18 bits per heavy atom. The highest BCUT2D eigenvalue weighted by Crippen LogP contribution is 2.27. The molecule has 1 atom stereocenters. The van der Waals surface area contributed by atoms with Gasteiger partial charge in [-0.1, -0.05) is 17.8 Å². The molecular weight excluding hydrogens is 436 g/mol. The highest BCUT2D eigenvalue weighted by Gasteiger charge is 2.23. The van der Waals surface area contributed by atoms with Gasteiger partial charge in [0.25, 0.3) is 5.56 Å². The van der Waals surface area contributed by atoms with Crippen LogP contribution in [0.25, 0.3) is 10.6 Å². The van der Waals surface area contributed by atoms with Crippen molar-refractivity contribution in [1.29, 1.82) is 0 Å². The molecule has 8 nitrogen and oxygen atoms in total. The number of aromatic nitrogens is 4. The first-order valence-corrected chi connectivity index (χ1v) is 12.5. The second kappa shape index (κ2) is 10.0. The van der Waals surface area contributed by atoms with Gasteiger partial charge >= 0.3 is 0 Å². The van der Waals surface area contributed by atoms with Crippen LogP contribution < -0.4 is 20.5 Å². The molecule has 0 spiro atoms. The van der Waals surface area contributed by atoms with Crippen LogP contribution in [0.2, 0.25) is 0 Å². The Morgan fingerprint density at radius 3 is 2.88 bits per heavy atom. The van der Waals surface area contributed by atoms with Gasteiger partial charge in [-0.15, -0.1) is 10.2 Å². The summed E-state index contributed by atoms with van der Waals surface area (Å²) in [6.45, 7) is 3.50. The zero-order valence-corrected chi connectivity index (χ0v) is 19.8. The molecule has 4 heterocycles. The topological polar surface area (TPSA) is 85.2 Å². The van der Waals surface area contributed by atoms with E-state index in [1.807, 2.05) is 18.3 Å². The van der Waals surface area contributed by atoms with Crippen molar-refractivity contribution in [3.63, 3.8) is 0 Å². The maximum atomic E-state index is 12.8.